The number of benzene rings is 1. The number of nitrogens with one attached hydrogen (secondary N) is 2. The highest BCUT2D eigenvalue weighted by atomic mass is 32.1. The molecule has 1 aromatic carbocycles. The Labute approximate surface area is 137 Å². The molecule has 22 heavy (non-hydrogen) atoms. The average Bonchev–Trinajstić information content (AvgIpc) is 2.81. The molecule has 0 bridgehead atoms. The van der Waals surface area contributed by atoms with Crippen LogP contribution in [0, 0.1) is 0 Å². The lowest BCUT2D eigenvalue weighted by Gasteiger charge is -2.20. The SMILES string of the molecule is C=CCNC(=S)Nc1cccc(C(=O)N2CCCCCC2)c1. The van der Waals surface area contributed by atoms with E-state index in [2.05, 4.69) is 17.2 Å². The fourth-order valence-electron chi connectivity index (χ4n) is 2.53. The summed E-state index contributed by atoms with van der Waals surface area (Å²) in [6, 6.07) is 7.50. The Morgan fingerprint density at radius 2 is 2.00 bits per heavy atom. The number of nitrogens with zero attached hydrogens (tertiary/aromatic N) is 1. The Bertz CT molecular complexity index is 536. The molecule has 0 spiro atoms. The second-order valence-electron chi connectivity index (χ2n) is 5.41. The molecular weight excluding hydrogens is 294 g/mol. The van der Waals surface area contributed by atoms with Crippen LogP contribution >= 0.6 is 12.2 Å². The largest absolute Gasteiger partial charge is 0.359 e. The van der Waals surface area contributed by atoms with Gasteiger partial charge in [0.05, 0.1) is 0 Å². The second-order valence-corrected chi connectivity index (χ2v) is 5.82. The van der Waals surface area contributed by atoms with E-state index in [1.165, 1.54) is 12.8 Å². The van der Waals surface area contributed by atoms with Gasteiger partial charge in [0.1, 0.15) is 0 Å². The van der Waals surface area contributed by atoms with Crippen LogP contribution in [0.2, 0.25) is 0 Å². The van der Waals surface area contributed by atoms with Crippen LogP contribution in [0.15, 0.2) is 36.9 Å². The van der Waals surface area contributed by atoms with Gasteiger partial charge >= 0.3 is 0 Å². The predicted octanol–water partition coefficient (Wildman–Crippen LogP) is 3.18. The van der Waals surface area contributed by atoms with Crippen LogP contribution in [-0.4, -0.2) is 35.6 Å². The first kappa shape index (κ1) is 16.5. The third-order valence-corrected chi connectivity index (χ3v) is 3.91. The van der Waals surface area contributed by atoms with Gasteiger partial charge in [0, 0.05) is 30.9 Å². The first-order chi connectivity index (χ1) is 10.7. The highest BCUT2D eigenvalue weighted by Crippen LogP contribution is 2.16. The summed E-state index contributed by atoms with van der Waals surface area (Å²) in [5.74, 6) is 0.107. The van der Waals surface area contributed by atoms with Crippen LogP contribution in [0.25, 0.3) is 0 Å². The van der Waals surface area contributed by atoms with E-state index in [0.29, 0.717) is 17.2 Å². The molecule has 0 saturated carbocycles. The van der Waals surface area contributed by atoms with Crippen LogP contribution in [0.1, 0.15) is 36.0 Å². The zero-order chi connectivity index (χ0) is 15.8. The third kappa shape index (κ3) is 4.84. The molecule has 1 heterocycles. The Morgan fingerprint density at radius 1 is 1.27 bits per heavy atom. The number of anilines is 1. The van der Waals surface area contributed by atoms with Gasteiger partial charge in [-0.2, -0.15) is 0 Å². The van der Waals surface area contributed by atoms with Crippen molar-refractivity contribution in [3.8, 4) is 0 Å². The molecule has 1 saturated heterocycles. The summed E-state index contributed by atoms with van der Waals surface area (Å²) in [6.45, 7) is 5.96. The lowest BCUT2D eigenvalue weighted by Crippen LogP contribution is -2.32. The molecule has 4 nitrogen and oxygen atoms in total. The van der Waals surface area contributed by atoms with E-state index >= 15 is 0 Å². The number of amides is 1. The monoisotopic (exact) mass is 317 g/mol. The Hall–Kier alpha value is -1.88. The number of likely N-dealkylation sites (tertiary alicyclic amines) is 1. The summed E-state index contributed by atoms with van der Waals surface area (Å²) in [4.78, 5) is 14.6. The van der Waals surface area contributed by atoms with Crippen molar-refractivity contribution in [2.24, 2.45) is 0 Å². The molecule has 118 valence electrons. The van der Waals surface area contributed by atoms with E-state index in [0.717, 1.165) is 31.6 Å². The van der Waals surface area contributed by atoms with Crippen molar-refractivity contribution >= 4 is 28.9 Å². The molecule has 0 aliphatic carbocycles. The quantitative estimate of drug-likeness (QED) is 0.661. The van der Waals surface area contributed by atoms with Crippen molar-refractivity contribution in [1.29, 1.82) is 0 Å². The number of hydrogen-bond acceptors (Lipinski definition) is 2. The van der Waals surface area contributed by atoms with Crippen LogP contribution in [0.5, 0.6) is 0 Å². The fraction of sp³-hybridized carbons (Fsp3) is 0.412. The summed E-state index contributed by atoms with van der Waals surface area (Å²) in [7, 11) is 0. The second kappa shape index (κ2) is 8.54. The molecular formula is C17H23N3OS. The first-order valence-electron chi connectivity index (χ1n) is 7.76. The van der Waals surface area contributed by atoms with Gasteiger partial charge in [-0.1, -0.05) is 25.0 Å². The maximum atomic E-state index is 12.6. The maximum absolute atomic E-state index is 12.6. The van der Waals surface area contributed by atoms with E-state index < -0.39 is 0 Å². The first-order valence-corrected chi connectivity index (χ1v) is 8.16. The Balaban J connectivity index is 2.02. The zero-order valence-electron chi connectivity index (χ0n) is 12.8. The van der Waals surface area contributed by atoms with Crippen molar-refractivity contribution in [1.82, 2.24) is 10.2 Å². The normalized spacial score (nSPS) is 14.8. The summed E-state index contributed by atoms with van der Waals surface area (Å²) >= 11 is 5.19. The van der Waals surface area contributed by atoms with E-state index in [1.54, 1.807) is 6.08 Å². The van der Waals surface area contributed by atoms with Crippen molar-refractivity contribution in [2.45, 2.75) is 25.7 Å². The van der Waals surface area contributed by atoms with Crippen molar-refractivity contribution < 1.29 is 4.79 Å². The molecule has 2 rings (SSSR count). The minimum Gasteiger partial charge on any atom is -0.359 e. The predicted molar refractivity (Wildman–Crippen MR) is 95.2 cm³/mol. The Kier molecular flexibility index (Phi) is 6.40. The molecule has 1 aromatic rings. The number of thiocarbonyl (C=S) groups is 1. The van der Waals surface area contributed by atoms with E-state index in [9.17, 15) is 4.79 Å². The minimum atomic E-state index is 0.107. The van der Waals surface area contributed by atoms with Crippen LogP contribution in [-0.2, 0) is 0 Å². The lowest BCUT2D eigenvalue weighted by atomic mass is 10.1. The smallest absolute Gasteiger partial charge is 0.253 e. The Morgan fingerprint density at radius 3 is 2.68 bits per heavy atom. The highest BCUT2D eigenvalue weighted by molar-refractivity contribution is 7.80. The molecule has 5 heteroatoms. The van der Waals surface area contributed by atoms with Gasteiger partial charge in [-0.25, -0.2) is 0 Å². The van der Waals surface area contributed by atoms with E-state index in [-0.39, 0.29) is 5.91 Å². The molecule has 0 aromatic heterocycles. The number of carbonyl (C=O) groups is 1. The molecule has 2 N–H and O–H groups in total. The van der Waals surface area contributed by atoms with Crippen LogP contribution in [0.4, 0.5) is 5.69 Å². The van der Waals surface area contributed by atoms with Gasteiger partial charge in [0.15, 0.2) is 5.11 Å². The molecule has 1 aliphatic rings. The molecule has 1 amide bonds. The summed E-state index contributed by atoms with van der Waals surface area (Å²) < 4.78 is 0. The summed E-state index contributed by atoms with van der Waals surface area (Å²) in [5.41, 5.74) is 1.53. The van der Waals surface area contributed by atoms with Gasteiger partial charge < -0.3 is 15.5 Å². The van der Waals surface area contributed by atoms with Crippen molar-refractivity contribution in [2.75, 3.05) is 25.0 Å². The molecule has 0 atom stereocenters. The van der Waals surface area contributed by atoms with Crippen LogP contribution < -0.4 is 10.6 Å². The molecule has 0 unspecified atom stereocenters. The molecule has 1 fully saturated rings. The lowest BCUT2D eigenvalue weighted by molar-refractivity contribution is 0.0761. The van der Waals surface area contributed by atoms with E-state index in [4.69, 9.17) is 12.2 Å². The van der Waals surface area contributed by atoms with Gasteiger partial charge in [0.2, 0.25) is 0 Å². The zero-order valence-corrected chi connectivity index (χ0v) is 13.6. The number of rotatable bonds is 4. The summed E-state index contributed by atoms with van der Waals surface area (Å²) in [5, 5.41) is 6.62. The summed E-state index contributed by atoms with van der Waals surface area (Å²) in [6.07, 6.45) is 6.37. The van der Waals surface area contributed by atoms with Gasteiger partial charge in [-0.05, 0) is 43.3 Å². The van der Waals surface area contributed by atoms with Gasteiger partial charge in [0.25, 0.3) is 5.91 Å². The average molecular weight is 317 g/mol. The van der Waals surface area contributed by atoms with Gasteiger partial charge in [-0.3, -0.25) is 4.79 Å². The standard InChI is InChI=1S/C17H23N3OS/c1-2-10-18-17(22)19-15-9-7-8-14(13-15)16(21)20-11-5-3-4-6-12-20/h2,7-9,13H,1,3-6,10-12H2,(H2,18,19,22). The highest BCUT2D eigenvalue weighted by Gasteiger charge is 2.17. The van der Waals surface area contributed by atoms with Crippen LogP contribution in [0.3, 0.4) is 0 Å². The van der Waals surface area contributed by atoms with E-state index in [1.807, 2.05) is 29.2 Å². The topological polar surface area (TPSA) is 44.4 Å². The molecule has 0 radical (unpaired) electrons. The number of hydrogen-bond donors (Lipinski definition) is 2. The van der Waals surface area contributed by atoms with Crippen molar-refractivity contribution in [3.05, 3.63) is 42.5 Å². The number of carbonyl (C=O) groups excluding carboxylic acids is 1. The molecule has 1 aliphatic heterocycles. The minimum absolute atomic E-state index is 0.107. The fourth-order valence-corrected chi connectivity index (χ4v) is 2.73. The third-order valence-electron chi connectivity index (χ3n) is 3.67. The van der Waals surface area contributed by atoms with Crippen molar-refractivity contribution in [3.63, 3.8) is 0 Å². The maximum Gasteiger partial charge on any atom is 0.253 e. The van der Waals surface area contributed by atoms with Gasteiger partial charge in [-0.15, -0.1) is 6.58 Å².